The maximum atomic E-state index is 12.0. The first-order valence-corrected chi connectivity index (χ1v) is 7.22. The Kier molecular flexibility index (Phi) is 2.32. The van der Waals surface area contributed by atoms with Crippen molar-refractivity contribution in [3.05, 3.63) is 12.7 Å². The van der Waals surface area contributed by atoms with Crippen LogP contribution in [0, 0.1) is 29.6 Å². The summed E-state index contributed by atoms with van der Waals surface area (Å²) in [7, 11) is 0. The Labute approximate surface area is 112 Å². The van der Waals surface area contributed by atoms with Gasteiger partial charge in [0.15, 0.2) is 0 Å². The topological polar surface area (TPSA) is 52.6 Å². The molecule has 7 unspecified atom stereocenters. The number of hydrogen-bond acceptors (Lipinski definition) is 4. The lowest BCUT2D eigenvalue weighted by atomic mass is 9.76. The van der Waals surface area contributed by atoms with Gasteiger partial charge in [0.05, 0.1) is 0 Å². The average molecular weight is 262 g/mol. The normalized spacial score (nSPS) is 49.7. The Balaban J connectivity index is 1.63. The van der Waals surface area contributed by atoms with E-state index in [0.29, 0.717) is 17.8 Å². The van der Waals surface area contributed by atoms with Crippen LogP contribution in [0.4, 0.5) is 0 Å². The summed E-state index contributed by atoms with van der Waals surface area (Å²) >= 11 is 0. The van der Waals surface area contributed by atoms with Crippen LogP contribution in [-0.4, -0.2) is 24.1 Å². The highest BCUT2D eigenvalue weighted by molar-refractivity contribution is 5.85. The van der Waals surface area contributed by atoms with Gasteiger partial charge in [-0.05, 0) is 43.4 Å². The van der Waals surface area contributed by atoms with E-state index in [1.54, 1.807) is 0 Å². The van der Waals surface area contributed by atoms with Crippen molar-refractivity contribution in [1.29, 1.82) is 0 Å². The molecule has 3 saturated carbocycles. The molecule has 4 rings (SSSR count). The summed E-state index contributed by atoms with van der Waals surface area (Å²) < 4.78 is 10.8. The Hall–Kier alpha value is -1.32. The van der Waals surface area contributed by atoms with Gasteiger partial charge in [0.25, 0.3) is 0 Å². The van der Waals surface area contributed by atoms with E-state index in [1.807, 2.05) is 0 Å². The summed E-state index contributed by atoms with van der Waals surface area (Å²) in [6.07, 6.45) is 5.21. The molecule has 1 heterocycles. The molecule has 1 saturated heterocycles. The minimum absolute atomic E-state index is 0.0801. The summed E-state index contributed by atoms with van der Waals surface area (Å²) in [5.74, 6) is 1.81. The third kappa shape index (κ3) is 1.46. The molecule has 0 aromatic heterocycles. The smallest absolute Gasteiger partial charge is 0.348 e. The van der Waals surface area contributed by atoms with Crippen LogP contribution in [0.15, 0.2) is 12.7 Å². The van der Waals surface area contributed by atoms with Gasteiger partial charge in [-0.25, -0.2) is 9.59 Å². The van der Waals surface area contributed by atoms with Crippen molar-refractivity contribution < 1.29 is 19.1 Å². The molecule has 0 aromatic carbocycles. The lowest BCUT2D eigenvalue weighted by Gasteiger charge is -2.30. The van der Waals surface area contributed by atoms with Gasteiger partial charge in [0.1, 0.15) is 6.10 Å². The van der Waals surface area contributed by atoms with E-state index in [9.17, 15) is 9.59 Å². The molecule has 0 spiro atoms. The van der Waals surface area contributed by atoms with Gasteiger partial charge < -0.3 is 9.47 Å². The lowest BCUT2D eigenvalue weighted by Crippen LogP contribution is -2.42. The Morgan fingerprint density at radius 1 is 1.26 bits per heavy atom. The van der Waals surface area contributed by atoms with Crippen LogP contribution in [0.25, 0.3) is 0 Å². The summed E-state index contributed by atoms with van der Waals surface area (Å²) in [5.41, 5.74) is 0. The number of fused-ring (bicyclic) bond motifs is 9. The summed E-state index contributed by atoms with van der Waals surface area (Å²) in [6, 6.07) is 0. The standard InChI is InChI=1S/C15H18O4/c1-2-11(16)19-14-9-6-10(18-15(14)17)13-8-4-3-7(5-8)12(9)13/h2,7-10,12-14H,1,3-6H2. The zero-order valence-electron chi connectivity index (χ0n) is 10.8. The maximum absolute atomic E-state index is 12.0. The van der Waals surface area contributed by atoms with Gasteiger partial charge in [0.2, 0.25) is 6.10 Å². The van der Waals surface area contributed by atoms with E-state index in [2.05, 4.69) is 6.58 Å². The molecule has 4 nitrogen and oxygen atoms in total. The molecule has 19 heavy (non-hydrogen) atoms. The van der Waals surface area contributed by atoms with Crippen LogP contribution >= 0.6 is 0 Å². The van der Waals surface area contributed by atoms with Gasteiger partial charge in [-0.15, -0.1) is 0 Å². The Morgan fingerprint density at radius 2 is 2.00 bits per heavy atom. The first kappa shape index (κ1) is 11.5. The molecular formula is C15H18O4. The molecule has 7 atom stereocenters. The van der Waals surface area contributed by atoms with Crippen molar-refractivity contribution in [3.8, 4) is 0 Å². The summed E-state index contributed by atoms with van der Waals surface area (Å²) in [4.78, 5) is 23.4. The average Bonchev–Trinajstić information content (AvgIpc) is 3.06. The maximum Gasteiger partial charge on any atom is 0.348 e. The molecule has 4 bridgehead atoms. The fourth-order valence-corrected chi connectivity index (χ4v) is 5.30. The highest BCUT2D eigenvalue weighted by atomic mass is 16.6. The van der Waals surface area contributed by atoms with Gasteiger partial charge in [-0.2, -0.15) is 0 Å². The van der Waals surface area contributed by atoms with Crippen LogP contribution in [0.2, 0.25) is 0 Å². The van der Waals surface area contributed by atoms with E-state index in [-0.39, 0.29) is 18.0 Å². The molecule has 4 heteroatoms. The third-order valence-electron chi connectivity index (χ3n) is 5.77. The minimum Gasteiger partial charge on any atom is -0.459 e. The molecule has 0 radical (unpaired) electrons. The highest BCUT2D eigenvalue weighted by Gasteiger charge is 2.64. The SMILES string of the molecule is C=CC(=O)OC1C(=O)OC2CC1C1C3CCC(C3)C21. The Morgan fingerprint density at radius 3 is 2.74 bits per heavy atom. The first-order chi connectivity index (χ1) is 9.19. The van der Waals surface area contributed by atoms with E-state index in [4.69, 9.17) is 9.47 Å². The molecule has 0 amide bonds. The van der Waals surface area contributed by atoms with Gasteiger partial charge in [0, 0.05) is 17.9 Å². The fourth-order valence-electron chi connectivity index (χ4n) is 5.30. The van der Waals surface area contributed by atoms with Crippen LogP contribution in [0.1, 0.15) is 25.7 Å². The van der Waals surface area contributed by atoms with Crippen LogP contribution in [-0.2, 0) is 19.1 Å². The molecule has 4 fully saturated rings. The second-order valence-electron chi connectivity index (χ2n) is 6.42. The number of hydrogen-bond donors (Lipinski definition) is 0. The number of ether oxygens (including phenoxy) is 2. The second kappa shape index (κ2) is 3.84. The molecule has 1 aliphatic heterocycles. The van der Waals surface area contributed by atoms with E-state index >= 15 is 0 Å². The second-order valence-corrected chi connectivity index (χ2v) is 6.42. The monoisotopic (exact) mass is 262 g/mol. The van der Waals surface area contributed by atoms with Gasteiger partial charge in [-0.1, -0.05) is 6.58 Å². The van der Waals surface area contributed by atoms with E-state index < -0.39 is 12.1 Å². The molecule has 0 N–H and O–H groups in total. The molecular weight excluding hydrogens is 244 g/mol. The summed E-state index contributed by atoms with van der Waals surface area (Å²) in [6.45, 7) is 3.39. The number of rotatable bonds is 2. The lowest BCUT2D eigenvalue weighted by molar-refractivity contribution is -0.179. The predicted octanol–water partition coefficient (Wildman–Crippen LogP) is 1.69. The van der Waals surface area contributed by atoms with Crippen molar-refractivity contribution in [2.45, 2.75) is 37.9 Å². The van der Waals surface area contributed by atoms with Crippen molar-refractivity contribution in [2.24, 2.45) is 29.6 Å². The predicted molar refractivity (Wildman–Crippen MR) is 65.9 cm³/mol. The van der Waals surface area contributed by atoms with Crippen molar-refractivity contribution in [3.63, 3.8) is 0 Å². The molecule has 0 aromatic rings. The minimum atomic E-state index is -0.698. The molecule has 102 valence electrons. The van der Waals surface area contributed by atoms with Crippen LogP contribution in [0.5, 0.6) is 0 Å². The van der Waals surface area contributed by atoms with Crippen molar-refractivity contribution in [2.75, 3.05) is 0 Å². The fraction of sp³-hybridized carbons (Fsp3) is 0.733. The largest absolute Gasteiger partial charge is 0.459 e. The van der Waals surface area contributed by atoms with E-state index in [1.165, 1.54) is 19.3 Å². The third-order valence-corrected chi connectivity index (χ3v) is 5.77. The highest BCUT2D eigenvalue weighted by Crippen LogP contribution is 2.63. The quantitative estimate of drug-likeness (QED) is 0.432. The zero-order chi connectivity index (χ0) is 13.1. The zero-order valence-corrected chi connectivity index (χ0v) is 10.8. The van der Waals surface area contributed by atoms with Crippen molar-refractivity contribution >= 4 is 11.9 Å². The number of carbonyl (C=O) groups is 2. The summed E-state index contributed by atoms with van der Waals surface area (Å²) in [5, 5.41) is 0. The van der Waals surface area contributed by atoms with Crippen LogP contribution < -0.4 is 0 Å². The van der Waals surface area contributed by atoms with E-state index in [0.717, 1.165) is 18.4 Å². The van der Waals surface area contributed by atoms with Gasteiger partial charge in [-0.3, -0.25) is 0 Å². The Bertz CT molecular complexity index is 457. The van der Waals surface area contributed by atoms with Crippen LogP contribution in [0.3, 0.4) is 0 Å². The first-order valence-electron chi connectivity index (χ1n) is 7.22. The molecule has 3 aliphatic carbocycles. The number of esters is 2. The molecule has 4 aliphatic rings. The van der Waals surface area contributed by atoms with Gasteiger partial charge >= 0.3 is 11.9 Å². The van der Waals surface area contributed by atoms with Crippen molar-refractivity contribution in [1.82, 2.24) is 0 Å². The number of carbonyl (C=O) groups excluding carboxylic acids is 2.